The maximum atomic E-state index is 12.4. The number of hydrogen-bond acceptors (Lipinski definition) is 4. The first-order valence-corrected chi connectivity index (χ1v) is 10.4. The fourth-order valence-electron chi connectivity index (χ4n) is 2.58. The molecule has 3 rings (SSSR count). The second-order valence-corrected chi connectivity index (χ2v) is 7.98. The Morgan fingerprint density at radius 3 is 2.07 bits per heavy atom. The van der Waals surface area contributed by atoms with Crippen LogP contribution in [0.4, 0.5) is 11.4 Å². The summed E-state index contributed by atoms with van der Waals surface area (Å²) in [6, 6.07) is 17.7. The van der Waals surface area contributed by atoms with E-state index in [9.17, 15) is 14.4 Å². The van der Waals surface area contributed by atoms with Gasteiger partial charge in [-0.25, -0.2) is 0 Å². The molecule has 6 nitrogen and oxygen atoms in total. The van der Waals surface area contributed by atoms with Gasteiger partial charge in [0.05, 0.1) is 4.88 Å². The van der Waals surface area contributed by atoms with Crippen molar-refractivity contribution in [3.8, 4) is 0 Å². The second kappa shape index (κ2) is 9.84. The molecule has 0 aliphatic heterocycles. The van der Waals surface area contributed by atoms with E-state index in [0.717, 1.165) is 11.3 Å². The van der Waals surface area contributed by atoms with Crippen molar-refractivity contribution < 1.29 is 14.4 Å². The minimum Gasteiger partial charge on any atom is -0.348 e. The lowest BCUT2D eigenvalue weighted by molar-refractivity contribution is -0.118. The minimum absolute atomic E-state index is 0.0360. The summed E-state index contributed by atoms with van der Waals surface area (Å²) < 4.78 is 0. The molecule has 0 aliphatic carbocycles. The molecule has 0 aliphatic rings. The largest absolute Gasteiger partial charge is 0.348 e. The molecule has 1 aromatic heterocycles. The molecule has 154 valence electrons. The predicted molar refractivity (Wildman–Crippen MR) is 120 cm³/mol. The van der Waals surface area contributed by atoms with Gasteiger partial charge in [0.1, 0.15) is 0 Å². The molecule has 30 heavy (non-hydrogen) atoms. The topological polar surface area (TPSA) is 87.3 Å². The number of anilines is 2. The number of carbonyl (C=O) groups excluding carboxylic acids is 3. The standard InChI is InChI=1S/C23H23N3O3S/c1-15(2)21(27)25-18-9-5-16(6-10-18)14-24-22(28)17-7-11-19(12-8-17)26-23(29)20-4-3-13-30-20/h3-13,15H,14H2,1-2H3,(H,24,28)(H,25,27)(H,26,29). The van der Waals surface area contributed by atoms with Gasteiger partial charge in [0.15, 0.2) is 0 Å². The highest BCUT2D eigenvalue weighted by molar-refractivity contribution is 7.12. The summed E-state index contributed by atoms with van der Waals surface area (Å²) in [6.45, 7) is 4.04. The molecule has 0 atom stereocenters. The van der Waals surface area contributed by atoms with Gasteiger partial charge in [-0.3, -0.25) is 14.4 Å². The van der Waals surface area contributed by atoms with Crippen LogP contribution in [-0.2, 0) is 11.3 Å². The Morgan fingerprint density at radius 1 is 0.833 bits per heavy atom. The maximum absolute atomic E-state index is 12.4. The van der Waals surface area contributed by atoms with Gasteiger partial charge in [-0.15, -0.1) is 11.3 Å². The lowest BCUT2D eigenvalue weighted by Crippen LogP contribution is -2.23. The zero-order valence-corrected chi connectivity index (χ0v) is 17.6. The molecule has 0 fully saturated rings. The lowest BCUT2D eigenvalue weighted by atomic mass is 10.1. The first-order valence-electron chi connectivity index (χ1n) is 9.55. The number of thiophene rings is 1. The first kappa shape index (κ1) is 21.3. The van der Waals surface area contributed by atoms with E-state index in [1.807, 2.05) is 49.6 Å². The maximum Gasteiger partial charge on any atom is 0.265 e. The van der Waals surface area contributed by atoms with Crippen LogP contribution < -0.4 is 16.0 Å². The van der Waals surface area contributed by atoms with Gasteiger partial charge >= 0.3 is 0 Å². The molecule has 0 saturated heterocycles. The van der Waals surface area contributed by atoms with Gasteiger partial charge < -0.3 is 16.0 Å². The Balaban J connectivity index is 1.51. The van der Waals surface area contributed by atoms with Crippen molar-refractivity contribution in [3.63, 3.8) is 0 Å². The second-order valence-electron chi connectivity index (χ2n) is 7.03. The summed E-state index contributed by atoms with van der Waals surface area (Å²) in [5.41, 5.74) is 2.78. The molecule has 3 aromatic rings. The molecule has 3 N–H and O–H groups in total. The minimum atomic E-state index is -0.205. The third-order valence-electron chi connectivity index (χ3n) is 4.35. The average molecular weight is 422 g/mol. The monoisotopic (exact) mass is 421 g/mol. The van der Waals surface area contributed by atoms with Crippen LogP contribution in [0.2, 0.25) is 0 Å². The zero-order valence-electron chi connectivity index (χ0n) is 16.8. The molecule has 0 radical (unpaired) electrons. The van der Waals surface area contributed by atoms with Gasteiger partial charge in [-0.1, -0.05) is 32.0 Å². The fourth-order valence-corrected chi connectivity index (χ4v) is 3.20. The fraction of sp³-hybridized carbons (Fsp3) is 0.174. The van der Waals surface area contributed by atoms with Crippen molar-refractivity contribution >= 4 is 40.4 Å². The van der Waals surface area contributed by atoms with Crippen LogP contribution in [0, 0.1) is 5.92 Å². The van der Waals surface area contributed by atoms with Gasteiger partial charge in [0.2, 0.25) is 5.91 Å². The van der Waals surface area contributed by atoms with E-state index in [-0.39, 0.29) is 23.6 Å². The quantitative estimate of drug-likeness (QED) is 0.524. The molecule has 0 saturated carbocycles. The summed E-state index contributed by atoms with van der Waals surface area (Å²) in [6.07, 6.45) is 0. The molecule has 0 spiro atoms. The molecular formula is C23H23N3O3S. The molecule has 1 heterocycles. The van der Waals surface area contributed by atoms with E-state index in [0.29, 0.717) is 22.7 Å². The van der Waals surface area contributed by atoms with Crippen molar-refractivity contribution in [2.24, 2.45) is 5.92 Å². The Kier molecular flexibility index (Phi) is 6.98. The van der Waals surface area contributed by atoms with E-state index in [1.54, 1.807) is 30.3 Å². The van der Waals surface area contributed by atoms with E-state index in [4.69, 9.17) is 0 Å². The lowest BCUT2D eigenvalue weighted by Gasteiger charge is -2.10. The summed E-state index contributed by atoms with van der Waals surface area (Å²) in [5, 5.41) is 10.3. The number of nitrogens with one attached hydrogen (secondary N) is 3. The summed E-state index contributed by atoms with van der Waals surface area (Å²) in [5.74, 6) is -0.496. The van der Waals surface area contributed by atoms with Crippen LogP contribution in [0.3, 0.4) is 0 Å². The summed E-state index contributed by atoms with van der Waals surface area (Å²) in [7, 11) is 0. The number of hydrogen-bond donors (Lipinski definition) is 3. The van der Waals surface area contributed by atoms with Crippen LogP contribution in [0.5, 0.6) is 0 Å². The molecule has 0 bridgehead atoms. The van der Waals surface area contributed by atoms with E-state index in [1.165, 1.54) is 11.3 Å². The van der Waals surface area contributed by atoms with E-state index < -0.39 is 0 Å². The smallest absolute Gasteiger partial charge is 0.265 e. The van der Waals surface area contributed by atoms with Crippen molar-refractivity contribution in [1.29, 1.82) is 0 Å². The number of amides is 3. The molecule has 7 heteroatoms. The van der Waals surface area contributed by atoms with Crippen LogP contribution in [0.15, 0.2) is 66.0 Å². The van der Waals surface area contributed by atoms with Gasteiger partial charge in [-0.2, -0.15) is 0 Å². The molecule has 2 aromatic carbocycles. The zero-order chi connectivity index (χ0) is 21.5. The van der Waals surface area contributed by atoms with Crippen LogP contribution in [0.25, 0.3) is 0 Å². The highest BCUT2D eigenvalue weighted by atomic mass is 32.1. The molecule has 3 amide bonds. The Hall–Kier alpha value is -3.45. The van der Waals surface area contributed by atoms with Crippen molar-refractivity contribution in [1.82, 2.24) is 5.32 Å². The number of benzene rings is 2. The summed E-state index contributed by atoms with van der Waals surface area (Å²) in [4.78, 5) is 36.8. The Labute approximate surface area is 179 Å². The number of rotatable bonds is 7. The van der Waals surface area contributed by atoms with Crippen molar-refractivity contribution in [2.45, 2.75) is 20.4 Å². The van der Waals surface area contributed by atoms with E-state index >= 15 is 0 Å². The van der Waals surface area contributed by atoms with Crippen LogP contribution in [0.1, 0.15) is 39.4 Å². The Morgan fingerprint density at radius 2 is 1.47 bits per heavy atom. The predicted octanol–water partition coefficient (Wildman–Crippen LogP) is 4.52. The Bertz CT molecular complexity index is 1010. The third-order valence-corrected chi connectivity index (χ3v) is 5.22. The van der Waals surface area contributed by atoms with Crippen LogP contribution in [-0.4, -0.2) is 17.7 Å². The highest BCUT2D eigenvalue weighted by Gasteiger charge is 2.10. The van der Waals surface area contributed by atoms with Gasteiger partial charge in [0, 0.05) is 29.4 Å². The SMILES string of the molecule is CC(C)C(=O)Nc1ccc(CNC(=O)c2ccc(NC(=O)c3cccs3)cc2)cc1. The summed E-state index contributed by atoms with van der Waals surface area (Å²) >= 11 is 1.37. The van der Waals surface area contributed by atoms with Crippen LogP contribution >= 0.6 is 11.3 Å². The average Bonchev–Trinajstić information content (AvgIpc) is 3.28. The van der Waals surface area contributed by atoms with Gasteiger partial charge in [-0.05, 0) is 53.4 Å². The van der Waals surface area contributed by atoms with Crippen molar-refractivity contribution in [2.75, 3.05) is 10.6 Å². The number of carbonyl (C=O) groups is 3. The van der Waals surface area contributed by atoms with Gasteiger partial charge in [0.25, 0.3) is 11.8 Å². The van der Waals surface area contributed by atoms with E-state index in [2.05, 4.69) is 16.0 Å². The van der Waals surface area contributed by atoms with Crippen molar-refractivity contribution in [3.05, 3.63) is 82.0 Å². The normalized spacial score (nSPS) is 10.5. The molecular weight excluding hydrogens is 398 g/mol. The highest BCUT2D eigenvalue weighted by Crippen LogP contribution is 2.15. The molecule has 0 unspecified atom stereocenters. The third kappa shape index (κ3) is 5.78. The first-order chi connectivity index (χ1) is 14.4.